The van der Waals surface area contributed by atoms with Gasteiger partial charge in [-0.15, -0.1) is 11.8 Å². The van der Waals surface area contributed by atoms with Crippen LogP contribution in [0, 0.1) is 0 Å². The summed E-state index contributed by atoms with van der Waals surface area (Å²) in [5.74, 6) is -2.40. The highest BCUT2D eigenvalue weighted by Crippen LogP contribution is 2.34. The molecule has 0 aliphatic carbocycles. The monoisotopic (exact) mass is 454 g/mol. The molecule has 4 atom stereocenters. The third-order valence-electron chi connectivity index (χ3n) is 4.99. The molecule has 0 saturated carbocycles. The summed E-state index contributed by atoms with van der Waals surface area (Å²) < 4.78 is 5.48. The normalized spacial score (nSPS) is 24.6. The molecule has 30 heavy (non-hydrogen) atoms. The highest BCUT2D eigenvalue weighted by molar-refractivity contribution is 8.00. The zero-order chi connectivity index (χ0) is 21.7. The number of alkyl halides is 1. The lowest BCUT2D eigenvalue weighted by atomic mass is 10.1. The summed E-state index contributed by atoms with van der Waals surface area (Å²) in [4.78, 5) is 49.5. The van der Waals surface area contributed by atoms with Gasteiger partial charge < -0.3 is 15.2 Å². The molecule has 2 aliphatic heterocycles. The number of rotatable bonds is 9. The van der Waals surface area contributed by atoms with Gasteiger partial charge in [0, 0.05) is 6.61 Å². The molecule has 162 valence electrons. The predicted octanol–water partition coefficient (Wildman–Crippen LogP) is 1.40. The number of β-lactam (4-membered cyclic amide) rings is 1. The quantitative estimate of drug-likeness (QED) is 0.329. The number of thioether (sulfide) groups is 1. The Balaban J connectivity index is 1.62. The maximum Gasteiger partial charge on any atom is 0.342 e. The molecule has 0 aromatic heterocycles. The molecular weight excluding hydrogens is 432 g/mol. The molecule has 0 bridgehead atoms. The van der Waals surface area contributed by atoms with Crippen molar-refractivity contribution in [2.75, 3.05) is 12.4 Å². The van der Waals surface area contributed by atoms with Gasteiger partial charge in [0.1, 0.15) is 17.5 Å². The van der Waals surface area contributed by atoms with Crippen molar-refractivity contribution in [3.63, 3.8) is 0 Å². The highest BCUT2D eigenvalue weighted by Gasteiger charge is 2.53. The van der Waals surface area contributed by atoms with E-state index in [-0.39, 0.29) is 23.9 Å². The summed E-state index contributed by atoms with van der Waals surface area (Å²) in [5, 5.41) is 11.1. The van der Waals surface area contributed by atoms with Crippen LogP contribution in [0.2, 0.25) is 0 Å². The number of likely N-dealkylation sites (tertiary alicyclic amines) is 1. The maximum atomic E-state index is 12.5. The summed E-state index contributed by atoms with van der Waals surface area (Å²) in [5.41, 5.74) is -0.786. The third kappa shape index (κ3) is 5.33. The van der Waals surface area contributed by atoms with Crippen molar-refractivity contribution in [1.82, 2.24) is 10.2 Å². The van der Waals surface area contributed by atoms with Gasteiger partial charge in [0.2, 0.25) is 11.4 Å². The number of carboxylic acid groups (broad SMARTS) is 1. The first-order chi connectivity index (χ1) is 14.4. The number of carboxylic acids is 1. The first-order valence-corrected chi connectivity index (χ1v) is 11.1. The second kappa shape index (κ2) is 10.3. The van der Waals surface area contributed by atoms with E-state index in [1.165, 1.54) is 0 Å². The predicted molar refractivity (Wildman–Crippen MR) is 111 cm³/mol. The van der Waals surface area contributed by atoms with E-state index in [9.17, 15) is 24.3 Å². The van der Waals surface area contributed by atoms with Crippen LogP contribution in [0.3, 0.4) is 0 Å². The number of carbonyl (C=O) groups excluding carboxylic acids is 3. The minimum Gasteiger partial charge on any atom is -0.479 e. The second-order valence-corrected chi connectivity index (χ2v) is 8.67. The topological polar surface area (TPSA) is 113 Å². The molecule has 2 aliphatic rings. The molecule has 2 unspecified atom stereocenters. The number of amides is 2. The molecule has 1 aromatic carbocycles. The number of hydrogen-bond donors (Lipinski definition) is 2. The van der Waals surface area contributed by atoms with E-state index in [4.69, 9.17) is 16.3 Å². The van der Waals surface area contributed by atoms with E-state index < -0.39 is 34.9 Å². The molecule has 2 amide bonds. The first-order valence-electron chi connectivity index (χ1n) is 9.66. The number of nitrogens with one attached hydrogen (secondary N) is 1. The Morgan fingerprint density at radius 1 is 1.27 bits per heavy atom. The van der Waals surface area contributed by atoms with Crippen LogP contribution < -0.4 is 5.32 Å². The largest absolute Gasteiger partial charge is 0.479 e. The van der Waals surface area contributed by atoms with Crippen molar-refractivity contribution in [3.05, 3.63) is 35.9 Å². The Kier molecular flexibility index (Phi) is 7.74. The fraction of sp³-hybridized carbons (Fsp3) is 0.500. The minimum absolute atomic E-state index is 0.0351. The minimum atomic E-state index is -1.57. The van der Waals surface area contributed by atoms with Gasteiger partial charge in [-0.2, -0.15) is 0 Å². The van der Waals surface area contributed by atoms with Crippen LogP contribution in [0.25, 0.3) is 0 Å². The standard InChI is InChI=1S/C20H23ClN2O6S/c21-17(20(27)28)23-18(26)16(22-15(25)10-12-6-2-1-3-7-12)19(23)30-11-13(24)14-8-4-5-9-29-14/h1-3,6-7,14,16-17,19H,4-5,8-11H2,(H,22,25)(H,27,28)/t14?,16-,17?,19-/m1/s1. The van der Waals surface area contributed by atoms with E-state index in [0.717, 1.165) is 35.1 Å². The zero-order valence-electron chi connectivity index (χ0n) is 16.2. The number of halogens is 1. The second-order valence-electron chi connectivity index (χ2n) is 7.15. The molecule has 1 aromatic rings. The SMILES string of the molecule is O=C(Cc1ccccc1)N[C@@H]1C(=O)N(C(Cl)C(=O)O)[C@@H]1SCC(=O)C1CCCCO1. The lowest BCUT2D eigenvalue weighted by Crippen LogP contribution is -2.72. The molecular formula is C20H23ClN2O6S. The number of hydrogen-bond acceptors (Lipinski definition) is 6. The summed E-state index contributed by atoms with van der Waals surface area (Å²) in [7, 11) is 0. The van der Waals surface area contributed by atoms with Crippen molar-refractivity contribution >= 4 is 46.9 Å². The number of aliphatic carboxylic acids is 1. The van der Waals surface area contributed by atoms with E-state index in [0.29, 0.717) is 13.0 Å². The van der Waals surface area contributed by atoms with Crippen molar-refractivity contribution in [3.8, 4) is 0 Å². The molecule has 2 fully saturated rings. The van der Waals surface area contributed by atoms with Gasteiger partial charge in [0.25, 0.3) is 5.91 Å². The van der Waals surface area contributed by atoms with E-state index in [1.54, 1.807) is 24.3 Å². The van der Waals surface area contributed by atoms with Crippen molar-refractivity contribution in [2.24, 2.45) is 0 Å². The van der Waals surface area contributed by atoms with Crippen LogP contribution in [-0.2, 0) is 30.3 Å². The van der Waals surface area contributed by atoms with Gasteiger partial charge in [0.05, 0.1) is 12.2 Å². The summed E-state index contributed by atoms with van der Waals surface area (Å²) >= 11 is 6.96. The number of Topliss-reactive ketones (excluding diaryl/α,β-unsaturated/α-hetero) is 1. The number of ether oxygens (including phenoxy) is 1. The number of carbonyl (C=O) groups is 4. The fourth-order valence-corrected chi connectivity index (χ4v) is 4.98. The number of ketones is 1. The van der Waals surface area contributed by atoms with Crippen LogP contribution in [0.1, 0.15) is 24.8 Å². The lowest BCUT2D eigenvalue weighted by molar-refractivity contribution is -0.157. The van der Waals surface area contributed by atoms with Gasteiger partial charge in [0.15, 0.2) is 5.78 Å². The van der Waals surface area contributed by atoms with Gasteiger partial charge in [-0.25, -0.2) is 4.79 Å². The summed E-state index contributed by atoms with van der Waals surface area (Å²) in [6.45, 7) is 0.538. The Labute approximate surface area is 183 Å². The van der Waals surface area contributed by atoms with Gasteiger partial charge in [-0.3, -0.25) is 19.3 Å². The first kappa shape index (κ1) is 22.6. The Bertz CT molecular complexity index is 802. The zero-order valence-corrected chi connectivity index (χ0v) is 17.7. The summed E-state index contributed by atoms with van der Waals surface area (Å²) in [6, 6.07) is 8.10. The van der Waals surface area contributed by atoms with Crippen molar-refractivity contribution in [1.29, 1.82) is 0 Å². The lowest BCUT2D eigenvalue weighted by Gasteiger charge is -2.47. The van der Waals surface area contributed by atoms with Crippen molar-refractivity contribution < 1.29 is 29.0 Å². The molecule has 2 heterocycles. The van der Waals surface area contributed by atoms with Crippen LogP contribution >= 0.6 is 23.4 Å². The van der Waals surface area contributed by atoms with Gasteiger partial charge >= 0.3 is 5.97 Å². The third-order valence-corrected chi connectivity index (χ3v) is 6.68. The molecule has 10 heteroatoms. The number of benzene rings is 1. The average Bonchev–Trinajstić information content (AvgIpc) is 2.75. The van der Waals surface area contributed by atoms with Gasteiger partial charge in [-0.05, 0) is 24.8 Å². The number of nitrogens with zero attached hydrogens (tertiary/aromatic N) is 1. The van der Waals surface area contributed by atoms with E-state index in [2.05, 4.69) is 5.32 Å². The Morgan fingerprint density at radius 2 is 2.00 bits per heavy atom. The fourth-order valence-electron chi connectivity index (χ4n) is 3.42. The van der Waals surface area contributed by atoms with E-state index in [1.807, 2.05) is 6.07 Å². The molecule has 8 nitrogen and oxygen atoms in total. The molecule has 0 radical (unpaired) electrons. The van der Waals surface area contributed by atoms with Crippen molar-refractivity contribution in [2.45, 2.75) is 48.7 Å². The van der Waals surface area contributed by atoms with Crippen LogP contribution in [-0.4, -0.2) is 69.0 Å². The highest BCUT2D eigenvalue weighted by atomic mass is 35.5. The Morgan fingerprint density at radius 3 is 2.63 bits per heavy atom. The van der Waals surface area contributed by atoms with E-state index >= 15 is 0 Å². The summed E-state index contributed by atoms with van der Waals surface area (Å²) in [6.07, 6.45) is 2.09. The Hall–Kier alpha value is -2.10. The smallest absolute Gasteiger partial charge is 0.342 e. The van der Waals surface area contributed by atoms with Crippen LogP contribution in [0.5, 0.6) is 0 Å². The molecule has 2 saturated heterocycles. The molecule has 0 spiro atoms. The maximum absolute atomic E-state index is 12.5. The average molecular weight is 455 g/mol. The van der Waals surface area contributed by atoms with Gasteiger partial charge in [-0.1, -0.05) is 41.9 Å². The van der Waals surface area contributed by atoms with Crippen LogP contribution in [0.15, 0.2) is 30.3 Å². The van der Waals surface area contributed by atoms with Crippen LogP contribution in [0.4, 0.5) is 0 Å². The molecule has 2 N–H and O–H groups in total. The molecule has 3 rings (SSSR count).